The van der Waals surface area contributed by atoms with Crippen molar-refractivity contribution in [3.8, 4) is 0 Å². The first-order valence-electron chi connectivity index (χ1n) is 8.87. The Kier molecular flexibility index (Phi) is 19.6. The van der Waals surface area contributed by atoms with Crippen molar-refractivity contribution < 1.29 is 26.2 Å². The molecule has 5 rings (SSSR count). The van der Waals surface area contributed by atoms with E-state index in [1.54, 1.807) is 15.9 Å². The third kappa shape index (κ3) is 11.5. The van der Waals surface area contributed by atoms with E-state index >= 15 is 0 Å². The molecule has 0 heterocycles. The zero-order valence-electron chi connectivity index (χ0n) is 16.8. The molecule has 0 bridgehead atoms. The molecule has 2 radical (unpaired) electrons. The molecule has 5 aromatic carbocycles. The predicted octanol–water partition coefficient (Wildman–Crippen LogP) is 7.21. The van der Waals surface area contributed by atoms with Crippen molar-refractivity contribution in [2.24, 2.45) is 0 Å². The summed E-state index contributed by atoms with van der Waals surface area (Å²) in [6.07, 6.45) is 0. The molecule has 0 aliphatic heterocycles. The van der Waals surface area contributed by atoms with Crippen molar-refractivity contribution in [2.45, 2.75) is 0 Å². The van der Waals surface area contributed by atoms with Crippen LogP contribution in [-0.4, -0.2) is 10.2 Å². The molecule has 0 amide bonds. The van der Waals surface area contributed by atoms with Gasteiger partial charge in [0.2, 0.25) is 0 Å². The van der Waals surface area contributed by atoms with Crippen LogP contribution in [0.1, 0.15) is 0 Å². The number of hydrogen-bond donors (Lipinski definition) is 0. The summed E-state index contributed by atoms with van der Waals surface area (Å²) in [4.78, 5) is 0. The Morgan fingerprint density at radius 1 is 0.667 bits per heavy atom. The fraction of sp³-hybridized carbons (Fsp3) is 0. The van der Waals surface area contributed by atoms with E-state index in [9.17, 15) is 0 Å². The minimum Gasteiger partial charge on any atom is -0.184 e. The van der Waals surface area contributed by atoms with Crippen LogP contribution in [0.25, 0.3) is 21.5 Å². The molecule has 0 saturated carbocycles. The van der Waals surface area contributed by atoms with Crippen molar-refractivity contribution in [2.75, 3.05) is 0 Å². The Morgan fingerprint density at radius 3 is 1.37 bits per heavy atom. The predicted molar refractivity (Wildman–Crippen MR) is 138 cm³/mol. The molecule has 0 atom stereocenters. The summed E-state index contributed by atoms with van der Waals surface area (Å²) < 4.78 is 0. The molecule has 0 spiro atoms. The smallest absolute Gasteiger partial charge is 0.184 e. The monoisotopic (exact) mass is 526 g/mol. The topological polar surface area (TPSA) is 0 Å². The summed E-state index contributed by atoms with van der Waals surface area (Å²) in [6, 6.07) is 41.8. The van der Waals surface area contributed by atoms with Gasteiger partial charge < -0.3 is 0 Å². The van der Waals surface area contributed by atoms with E-state index in [-0.39, 0.29) is 51.0 Å². The van der Waals surface area contributed by atoms with E-state index in [2.05, 4.69) is 97.6 Å². The Morgan fingerprint density at radius 2 is 1.07 bits per heavy atom. The number of fused-ring (bicyclic) bond motifs is 2. The van der Waals surface area contributed by atoms with Crippen LogP contribution in [-0.2, 0) is 26.2 Å². The van der Waals surface area contributed by atoms with Gasteiger partial charge in [0.15, 0.2) is 0 Å². The molecule has 0 saturated heterocycles. The maximum atomic E-state index is 3.37. The average molecular weight is 529 g/mol. The molecule has 0 aliphatic rings. The van der Waals surface area contributed by atoms with Gasteiger partial charge in [0.1, 0.15) is 0 Å². The van der Waals surface area contributed by atoms with E-state index in [1.807, 2.05) is 30.3 Å². The van der Waals surface area contributed by atoms with Crippen LogP contribution in [0.5, 0.6) is 0 Å². The van der Waals surface area contributed by atoms with Crippen molar-refractivity contribution >= 4 is 56.6 Å². The Bertz CT molecular complexity index is 870. The normalized spacial score (nSPS) is 8.17. The van der Waals surface area contributed by atoms with Crippen LogP contribution >= 0.6 is 24.8 Å². The van der Waals surface area contributed by atoms with Crippen LogP contribution in [0.4, 0.5) is 0 Å². The fourth-order valence-corrected chi connectivity index (χ4v) is 2.48. The minimum atomic E-state index is 0. The van der Waals surface area contributed by atoms with Gasteiger partial charge in [0.25, 0.3) is 0 Å². The van der Waals surface area contributed by atoms with Crippen LogP contribution in [0.15, 0.2) is 128 Å². The van der Waals surface area contributed by atoms with Gasteiger partial charge in [-0.3, -0.25) is 0 Å². The summed E-state index contributed by atoms with van der Waals surface area (Å²) in [5.74, 6) is 0. The van der Waals surface area contributed by atoms with E-state index in [4.69, 9.17) is 0 Å². The molecule has 4 heteroatoms. The molecule has 152 valence electrons. The second kappa shape index (κ2) is 19.3. The molecule has 0 aromatic heterocycles. The summed E-state index contributed by atoms with van der Waals surface area (Å²) in [7, 11) is 1.74. The molecule has 0 aliphatic carbocycles. The maximum Gasteiger partial charge on any atom is 3.00 e. The van der Waals surface area contributed by atoms with Crippen molar-refractivity contribution in [3.05, 3.63) is 134 Å². The van der Waals surface area contributed by atoms with Gasteiger partial charge in [-0.15, -0.1) is 96.4 Å². The van der Waals surface area contributed by atoms with E-state index in [1.165, 1.54) is 21.5 Å². The zero-order valence-corrected chi connectivity index (χ0v) is 22.3. The zero-order chi connectivity index (χ0) is 19.2. The van der Waals surface area contributed by atoms with Gasteiger partial charge in [-0.05, 0) is 0 Å². The number of benzene rings is 3. The van der Waals surface area contributed by atoms with Gasteiger partial charge >= 0.3 is 26.2 Å². The largest absolute Gasteiger partial charge is 3.00 e. The minimum absolute atomic E-state index is 0. The van der Waals surface area contributed by atoms with Crippen LogP contribution in [0.2, 0.25) is 0 Å². The first-order valence-corrected chi connectivity index (χ1v) is 9.69. The molecular formula is C26H26Cl2SiZr. The summed E-state index contributed by atoms with van der Waals surface area (Å²) >= 11 is 0. The first-order chi connectivity index (χ1) is 13.3. The van der Waals surface area contributed by atoms with Crippen LogP contribution in [0.3, 0.4) is 0 Å². The molecule has 0 fully saturated rings. The molecule has 0 nitrogen and oxygen atoms in total. The van der Waals surface area contributed by atoms with Crippen molar-refractivity contribution in [3.63, 3.8) is 0 Å². The summed E-state index contributed by atoms with van der Waals surface area (Å²) in [6.45, 7) is 3.37. The van der Waals surface area contributed by atoms with Gasteiger partial charge in [-0.25, -0.2) is 0 Å². The third-order valence-electron chi connectivity index (χ3n) is 3.70. The number of hydrogen-bond acceptors (Lipinski definition) is 0. The van der Waals surface area contributed by atoms with Gasteiger partial charge in [0, 0.05) is 10.2 Å². The van der Waals surface area contributed by atoms with Gasteiger partial charge in [-0.2, -0.15) is 71.4 Å². The molecule has 0 N–H and O–H groups in total. The van der Waals surface area contributed by atoms with E-state index in [0.29, 0.717) is 0 Å². The van der Waals surface area contributed by atoms with Crippen LogP contribution < -0.4 is 0 Å². The number of rotatable bonds is 0. The SMILES string of the molecule is C=C[SiH2].Cl.Cl.[Zr+3].[c-]1ccccc1.c1ccc2[cH-]ccc2c1.c1ccc2[cH-]ccc2c1. The summed E-state index contributed by atoms with van der Waals surface area (Å²) in [5, 5.41) is 5.32. The van der Waals surface area contributed by atoms with Gasteiger partial charge in [-0.1, -0.05) is 12.1 Å². The summed E-state index contributed by atoms with van der Waals surface area (Å²) in [5.41, 5.74) is 1.78. The molecule has 30 heavy (non-hydrogen) atoms. The van der Waals surface area contributed by atoms with E-state index in [0.717, 1.165) is 0 Å². The third-order valence-corrected chi connectivity index (χ3v) is 3.70. The van der Waals surface area contributed by atoms with Gasteiger partial charge in [0.05, 0.1) is 0 Å². The maximum absolute atomic E-state index is 3.37. The second-order valence-corrected chi connectivity index (χ2v) is 6.25. The Balaban J connectivity index is 0. The van der Waals surface area contributed by atoms with Crippen LogP contribution in [0, 0.1) is 6.07 Å². The average Bonchev–Trinajstić information content (AvgIpc) is 3.40. The second-order valence-electron chi connectivity index (χ2n) is 5.68. The fourth-order valence-electron chi connectivity index (χ4n) is 2.48. The quantitative estimate of drug-likeness (QED) is 0.147. The molecule has 0 unspecified atom stereocenters. The molecular weight excluding hydrogens is 503 g/mol. The van der Waals surface area contributed by atoms with Crippen molar-refractivity contribution in [1.82, 2.24) is 0 Å². The standard InChI is InChI=1S/2C9H7.C6H5.C2H5Si.2ClH.Zr/c2*1-2-5-9-7-3-6-8(9)4-1;1-2-4-6-5-3-1;1-2-3;;;/h2*1-7H;1-5H;2H,1,3H2;2*1H;/q3*-1;;;;+3. The Labute approximate surface area is 215 Å². The Hall–Kier alpha value is -1.70. The first kappa shape index (κ1) is 30.5. The number of halogens is 2. The molecule has 5 aromatic rings. The van der Waals surface area contributed by atoms with Crippen molar-refractivity contribution in [1.29, 1.82) is 0 Å². The van der Waals surface area contributed by atoms with E-state index < -0.39 is 0 Å².